The number of nitrogens with one attached hydrogen (secondary N) is 1. The first-order valence-corrected chi connectivity index (χ1v) is 7.48. The first kappa shape index (κ1) is 15.8. The normalized spacial score (nSPS) is 10.6. The molecule has 7 heteroatoms. The van der Waals surface area contributed by atoms with Gasteiger partial charge in [-0.1, -0.05) is 0 Å². The molecule has 0 aliphatic rings. The minimum absolute atomic E-state index is 0.107. The van der Waals surface area contributed by atoms with Gasteiger partial charge in [0.25, 0.3) is 5.91 Å². The average Bonchev–Trinajstić information content (AvgIpc) is 2.96. The van der Waals surface area contributed by atoms with E-state index in [9.17, 15) is 9.59 Å². The molecule has 0 atom stereocenters. The van der Waals surface area contributed by atoms with Crippen LogP contribution >= 0.6 is 11.3 Å². The van der Waals surface area contributed by atoms with Gasteiger partial charge in [-0.05, 0) is 25.1 Å². The minimum atomic E-state index is -0.469. The van der Waals surface area contributed by atoms with Gasteiger partial charge in [-0.3, -0.25) is 9.78 Å². The smallest absolute Gasteiger partial charge is 0.330 e. The molecule has 0 saturated heterocycles. The first-order valence-electron chi connectivity index (χ1n) is 6.60. The number of aromatic nitrogens is 2. The van der Waals surface area contributed by atoms with E-state index in [1.54, 1.807) is 30.6 Å². The van der Waals surface area contributed by atoms with Gasteiger partial charge in [0.1, 0.15) is 6.61 Å². The van der Waals surface area contributed by atoms with Gasteiger partial charge in [-0.15, -0.1) is 11.3 Å². The Balaban J connectivity index is 1.67. The van der Waals surface area contributed by atoms with Crippen LogP contribution in [0.3, 0.4) is 0 Å². The second-order valence-electron chi connectivity index (χ2n) is 4.28. The van der Waals surface area contributed by atoms with Gasteiger partial charge in [-0.2, -0.15) is 0 Å². The van der Waals surface area contributed by atoms with Crippen molar-refractivity contribution < 1.29 is 14.3 Å². The van der Waals surface area contributed by atoms with E-state index in [0.29, 0.717) is 5.56 Å². The first-order chi connectivity index (χ1) is 10.6. The van der Waals surface area contributed by atoms with Gasteiger partial charge in [-0.25, -0.2) is 9.78 Å². The lowest BCUT2D eigenvalue weighted by atomic mass is 10.2. The van der Waals surface area contributed by atoms with E-state index in [2.05, 4.69) is 15.3 Å². The number of hydrogen-bond acceptors (Lipinski definition) is 6. The van der Waals surface area contributed by atoms with Crippen LogP contribution in [0, 0.1) is 6.92 Å². The molecule has 22 heavy (non-hydrogen) atoms. The Hall–Kier alpha value is -2.54. The quantitative estimate of drug-likeness (QED) is 0.499. The van der Waals surface area contributed by atoms with Gasteiger partial charge in [0.15, 0.2) is 0 Å². The number of carbonyl (C=O) groups excluding carboxylic acids is 2. The monoisotopic (exact) mass is 317 g/mol. The van der Waals surface area contributed by atoms with Crippen molar-refractivity contribution in [2.24, 2.45) is 0 Å². The fourth-order valence-corrected chi connectivity index (χ4v) is 2.16. The lowest BCUT2D eigenvalue weighted by Crippen LogP contribution is -2.27. The summed E-state index contributed by atoms with van der Waals surface area (Å²) in [5.74, 6) is -0.698. The molecule has 6 nitrogen and oxygen atoms in total. The number of carbonyl (C=O) groups is 2. The van der Waals surface area contributed by atoms with Crippen LogP contribution in [-0.4, -0.2) is 35.0 Å². The van der Waals surface area contributed by atoms with Crippen molar-refractivity contribution in [3.63, 3.8) is 0 Å². The van der Waals surface area contributed by atoms with Crippen molar-refractivity contribution in [1.82, 2.24) is 15.3 Å². The predicted octanol–water partition coefficient (Wildman–Crippen LogP) is 1.83. The standard InChI is InChI=1S/C15H15N3O3S/c1-11-18-13(10-22-11)2-3-14(19)21-9-8-17-15(20)12-4-6-16-7-5-12/h2-7,10H,8-9H2,1H3,(H,17,20)/b3-2+. The summed E-state index contributed by atoms with van der Waals surface area (Å²) in [7, 11) is 0. The molecule has 2 heterocycles. The van der Waals surface area contributed by atoms with Crippen LogP contribution in [0.5, 0.6) is 0 Å². The summed E-state index contributed by atoms with van der Waals surface area (Å²) in [5.41, 5.74) is 1.24. The number of rotatable bonds is 6. The number of ether oxygens (including phenoxy) is 1. The van der Waals surface area contributed by atoms with Gasteiger partial charge in [0, 0.05) is 29.4 Å². The zero-order valence-corrected chi connectivity index (χ0v) is 12.8. The van der Waals surface area contributed by atoms with Crippen molar-refractivity contribution in [1.29, 1.82) is 0 Å². The summed E-state index contributed by atoms with van der Waals surface area (Å²) in [6, 6.07) is 3.22. The number of pyridine rings is 1. The molecule has 0 aromatic carbocycles. The maximum atomic E-state index is 11.7. The van der Waals surface area contributed by atoms with Crippen LogP contribution in [0.1, 0.15) is 21.1 Å². The number of nitrogens with zero attached hydrogens (tertiary/aromatic N) is 2. The SMILES string of the molecule is Cc1nc(/C=C/C(=O)OCCNC(=O)c2ccncc2)cs1. The van der Waals surface area contributed by atoms with Gasteiger partial charge in [0.2, 0.25) is 0 Å². The maximum Gasteiger partial charge on any atom is 0.330 e. The molecular formula is C15H15N3O3S. The molecule has 1 N–H and O–H groups in total. The number of aryl methyl sites for hydroxylation is 1. The zero-order valence-electron chi connectivity index (χ0n) is 12.0. The van der Waals surface area contributed by atoms with Crippen LogP contribution in [0.4, 0.5) is 0 Å². The highest BCUT2D eigenvalue weighted by Gasteiger charge is 2.04. The number of thiazole rings is 1. The van der Waals surface area contributed by atoms with E-state index < -0.39 is 5.97 Å². The Morgan fingerprint density at radius 2 is 2.14 bits per heavy atom. The van der Waals surface area contributed by atoms with E-state index in [1.165, 1.54) is 17.4 Å². The third-order valence-electron chi connectivity index (χ3n) is 2.60. The summed E-state index contributed by atoms with van der Waals surface area (Å²) in [6.07, 6.45) is 6.00. The molecular weight excluding hydrogens is 302 g/mol. The van der Waals surface area contributed by atoms with E-state index in [1.807, 2.05) is 12.3 Å². The second-order valence-corrected chi connectivity index (χ2v) is 5.35. The fraction of sp³-hybridized carbons (Fsp3) is 0.200. The van der Waals surface area contributed by atoms with Crippen LogP contribution < -0.4 is 5.32 Å². The third kappa shape index (κ3) is 5.10. The predicted molar refractivity (Wildman–Crippen MR) is 83.4 cm³/mol. The molecule has 114 valence electrons. The van der Waals surface area contributed by atoms with Crippen LogP contribution in [0.15, 0.2) is 36.0 Å². The molecule has 0 radical (unpaired) electrons. The van der Waals surface area contributed by atoms with E-state index in [4.69, 9.17) is 4.74 Å². The summed E-state index contributed by atoms with van der Waals surface area (Å²) in [4.78, 5) is 31.2. The van der Waals surface area contributed by atoms with Crippen molar-refractivity contribution >= 4 is 29.3 Å². The topological polar surface area (TPSA) is 81.2 Å². The van der Waals surface area contributed by atoms with E-state index in [0.717, 1.165) is 10.7 Å². The summed E-state index contributed by atoms with van der Waals surface area (Å²) in [6.45, 7) is 2.25. The number of hydrogen-bond donors (Lipinski definition) is 1. The van der Waals surface area contributed by atoms with Crippen LogP contribution in [-0.2, 0) is 9.53 Å². The van der Waals surface area contributed by atoms with Gasteiger partial charge >= 0.3 is 5.97 Å². The lowest BCUT2D eigenvalue weighted by Gasteiger charge is -2.05. The Morgan fingerprint density at radius 3 is 2.82 bits per heavy atom. The molecule has 2 rings (SSSR count). The van der Waals surface area contributed by atoms with Crippen molar-refractivity contribution in [3.8, 4) is 0 Å². The Labute approximate surface area is 131 Å². The average molecular weight is 317 g/mol. The Kier molecular flexibility index (Phi) is 5.79. The molecule has 0 saturated carbocycles. The molecule has 2 aromatic rings. The van der Waals surface area contributed by atoms with Crippen molar-refractivity contribution in [2.45, 2.75) is 6.92 Å². The molecule has 0 spiro atoms. The van der Waals surface area contributed by atoms with Gasteiger partial charge in [0.05, 0.1) is 17.2 Å². The third-order valence-corrected chi connectivity index (χ3v) is 3.39. The largest absolute Gasteiger partial charge is 0.461 e. The number of amides is 1. The molecule has 2 aromatic heterocycles. The molecule has 0 aliphatic carbocycles. The molecule has 1 amide bonds. The van der Waals surface area contributed by atoms with Gasteiger partial charge < -0.3 is 10.1 Å². The summed E-state index contributed by atoms with van der Waals surface area (Å²) < 4.78 is 4.98. The number of esters is 1. The lowest BCUT2D eigenvalue weighted by molar-refractivity contribution is -0.137. The highest BCUT2D eigenvalue weighted by Crippen LogP contribution is 2.09. The zero-order chi connectivity index (χ0) is 15.8. The molecule has 0 aliphatic heterocycles. The summed E-state index contributed by atoms with van der Waals surface area (Å²) >= 11 is 1.51. The highest BCUT2D eigenvalue weighted by atomic mass is 32.1. The van der Waals surface area contributed by atoms with Crippen LogP contribution in [0.25, 0.3) is 6.08 Å². The summed E-state index contributed by atoms with van der Waals surface area (Å²) in [5, 5.41) is 5.44. The highest BCUT2D eigenvalue weighted by molar-refractivity contribution is 7.09. The molecule has 0 fully saturated rings. The Morgan fingerprint density at radius 1 is 1.36 bits per heavy atom. The van der Waals surface area contributed by atoms with Crippen molar-refractivity contribution in [3.05, 3.63) is 52.2 Å². The Bertz CT molecular complexity index is 668. The maximum absolute atomic E-state index is 11.7. The van der Waals surface area contributed by atoms with E-state index >= 15 is 0 Å². The molecule has 0 bridgehead atoms. The molecule has 0 unspecified atom stereocenters. The van der Waals surface area contributed by atoms with Crippen molar-refractivity contribution in [2.75, 3.05) is 13.2 Å². The second kappa shape index (κ2) is 8.04. The van der Waals surface area contributed by atoms with E-state index in [-0.39, 0.29) is 19.1 Å². The van der Waals surface area contributed by atoms with Crippen LogP contribution in [0.2, 0.25) is 0 Å². The fourth-order valence-electron chi connectivity index (χ4n) is 1.58. The minimum Gasteiger partial charge on any atom is -0.461 e.